The maximum absolute atomic E-state index is 13.0. The first-order chi connectivity index (χ1) is 18.5. The number of rotatable bonds is 10. The van der Waals surface area contributed by atoms with E-state index in [0.717, 1.165) is 30.0 Å². The molecule has 1 aliphatic heterocycles. The summed E-state index contributed by atoms with van der Waals surface area (Å²) in [6, 6.07) is 22.4. The molecule has 1 fully saturated rings. The zero-order valence-corrected chi connectivity index (χ0v) is 22.1. The Balaban J connectivity index is 1.40. The molecule has 1 unspecified atom stereocenters. The molecule has 1 atom stereocenters. The molecule has 0 N–H and O–H groups in total. The summed E-state index contributed by atoms with van der Waals surface area (Å²) in [6.45, 7) is 3.82. The predicted octanol–water partition coefficient (Wildman–Crippen LogP) is 4.21. The van der Waals surface area contributed by atoms with Gasteiger partial charge < -0.3 is 23.8 Å². The molecule has 0 radical (unpaired) electrons. The number of ether oxygens (including phenoxy) is 4. The van der Waals surface area contributed by atoms with Crippen LogP contribution in [-0.4, -0.2) is 75.7 Å². The maximum atomic E-state index is 13.0. The number of benzene rings is 3. The summed E-state index contributed by atoms with van der Waals surface area (Å²) in [5.41, 5.74) is 3.11. The van der Waals surface area contributed by atoms with E-state index in [1.165, 1.54) is 7.11 Å². The highest BCUT2D eigenvalue weighted by Crippen LogP contribution is 2.25. The average molecular weight is 519 g/mol. The molecule has 38 heavy (non-hydrogen) atoms. The lowest BCUT2D eigenvalue weighted by Gasteiger charge is -2.36. The van der Waals surface area contributed by atoms with Gasteiger partial charge in [-0.15, -0.1) is 0 Å². The van der Waals surface area contributed by atoms with Crippen LogP contribution in [0.2, 0.25) is 0 Å². The van der Waals surface area contributed by atoms with Crippen molar-refractivity contribution in [2.75, 3.05) is 54.1 Å². The number of hydrogen-bond donors (Lipinski definition) is 0. The van der Waals surface area contributed by atoms with Gasteiger partial charge >= 0.3 is 5.97 Å². The molecule has 8 nitrogen and oxygen atoms in total. The maximum Gasteiger partial charge on any atom is 0.337 e. The van der Waals surface area contributed by atoms with Gasteiger partial charge in [0.25, 0.3) is 5.91 Å². The quantitative estimate of drug-likeness (QED) is 0.372. The minimum Gasteiger partial charge on any atom is -0.497 e. The fraction of sp³-hybridized carbons (Fsp3) is 0.333. The highest BCUT2D eigenvalue weighted by molar-refractivity contribution is 5.94. The van der Waals surface area contributed by atoms with E-state index >= 15 is 0 Å². The number of carbonyl (C=O) groups excluding carboxylic acids is 2. The lowest BCUT2D eigenvalue weighted by atomic mass is 10.1. The van der Waals surface area contributed by atoms with Crippen molar-refractivity contribution in [3.8, 4) is 11.5 Å². The topological polar surface area (TPSA) is 77.5 Å². The number of hydrogen-bond acceptors (Lipinski definition) is 7. The third-order valence-electron chi connectivity index (χ3n) is 6.69. The van der Waals surface area contributed by atoms with Crippen molar-refractivity contribution in [1.82, 2.24) is 9.80 Å². The van der Waals surface area contributed by atoms with Crippen LogP contribution in [0.3, 0.4) is 0 Å². The van der Waals surface area contributed by atoms with E-state index in [0.29, 0.717) is 43.1 Å². The number of esters is 1. The molecule has 4 rings (SSSR count). The monoisotopic (exact) mass is 518 g/mol. The van der Waals surface area contributed by atoms with Gasteiger partial charge in [0, 0.05) is 38.3 Å². The first-order valence-corrected chi connectivity index (χ1v) is 12.6. The standard InChI is InChI=1S/C30H34N2O6/c1-35-26-8-4-6-24(18-26)28(38-21-22-10-12-23(13-11-22)30(34)37-3)20-31-14-16-32(17-15-31)29(33)25-7-5-9-27(19-25)36-2/h4-13,18-19,28H,14-17,20-21H2,1-3H3. The summed E-state index contributed by atoms with van der Waals surface area (Å²) in [6.07, 6.45) is -0.203. The molecule has 0 bridgehead atoms. The number of amides is 1. The smallest absolute Gasteiger partial charge is 0.337 e. The van der Waals surface area contributed by atoms with Crippen molar-refractivity contribution in [3.05, 3.63) is 95.1 Å². The Hall–Kier alpha value is -3.88. The second-order valence-corrected chi connectivity index (χ2v) is 9.09. The van der Waals surface area contributed by atoms with Gasteiger partial charge in [0.2, 0.25) is 0 Å². The Morgan fingerprint density at radius 3 is 2.11 bits per heavy atom. The summed E-state index contributed by atoms with van der Waals surface area (Å²) < 4.78 is 21.9. The minimum atomic E-state index is -0.365. The lowest BCUT2D eigenvalue weighted by Crippen LogP contribution is -2.49. The van der Waals surface area contributed by atoms with Crippen molar-refractivity contribution in [2.45, 2.75) is 12.7 Å². The molecule has 3 aromatic carbocycles. The van der Waals surface area contributed by atoms with Crippen LogP contribution in [0, 0.1) is 0 Å². The second-order valence-electron chi connectivity index (χ2n) is 9.09. The van der Waals surface area contributed by atoms with Gasteiger partial charge in [-0.2, -0.15) is 0 Å². The van der Waals surface area contributed by atoms with E-state index in [1.807, 2.05) is 59.5 Å². The Bertz CT molecular complexity index is 1220. The highest BCUT2D eigenvalue weighted by atomic mass is 16.5. The first-order valence-electron chi connectivity index (χ1n) is 12.6. The summed E-state index contributed by atoms with van der Waals surface area (Å²) in [4.78, 5) is 29.0. The van der Waals surface area contributed by atoms with Crippen molar-refractivity contribution in [2.24, 2.45) is 0 Å². The van der Waals surface area contributed by atoms with Crippen LogP contribution in [0.15, 0.2) is 72.8 Å². The van der Waals surface area contributed by atoms with Crippen molar-refractivity contribution < 1.29 is 28.5 Å². The van der Waals surface area contributed by atoms with E-state index in [2.05, 4.69) is 4.90 Å². The normalized spacial score (nSPS) is 14.6. The van der Waals surface area contributed by atoms with Gasteiger partial charge in [0.05, 0.1) is 39.6 Å². The predicted molar refractivity (Wildman–Crippen MR) is 144 cm³/mol. The van der Waals surface area contributed by atoms with E-state index < -0.39 is 0 Å². The van der Waals surface area contributed by atoms with Crippen LogP contribution in [0.4, 0.5) is 0 Å². The van der Waals surface area contributed by atoms with Crippen molar-refractivity contribution in [1.29, 1.82) is 0 Å². The van der Waals surface area contributed by atoms with E-state index in [-0.39, 0.29) is 18.0 Å². The summed E-state index contributed by atoms with van der Waals surface area (Å²) in [7, 11) is 4.61. The molecule has 1 amide bonds. The number of nitrogens with zero attached hydrogens (tertiary/aromatic N) is 2. The van der Waals surface area contributed by atoms with Crippen LogP contribution >= 0.6 is 0 Å². The average Bonchev–Trinajstić information content (AvgIpc) is 2.99. The fourth-order valence-electron chi connectivity index (χ4n) is 4.45. The van der Waals surface area contributed by atoms with Gasteiger partial charge in [0.1, 0.15) is 11.5 Å². The molecule has 0 spiro atoms. The first kappa shape index (κ1) is 27.2. The van der Waals surface area contributed by atoms with E-state index in [4.69, 9.17) is 18.9 Å². The number of carbonyl (C=O) groups is 2. The zero-order chi connectivity index (χ0) is 26.9. The Morgan fingerprint density at radius 2 is 1.45 bits per heavy atom. The number of piperazine rings is 1. The van der Waals surface area contributed by atoms with Crippen LogP contribution in [-0.2, 0) is 16.1 Å². The molecule has 200 valence electrons. The van der Waals surface area contributed by atoms with Gasteiger partial charge in [-0.25, -0.2) is 4.79 Å². The Kier molecular flexibility index (Phi) is 9.35. The summed E-state index contributed by atoms with van der Waals surface area (Å²) in [5.74, 6) is 1.09. The molecule has 1 saturated heterocycles. The minimum absolute atomic E-state index is 0.0135. The van der Waals surface area contributed by atoms with Crippen LogP contribution in [0.1, 0.15) is 37.9 Å². The van der Waals surface area contributed by atoms with Gasteiger partial charge in [0.15, 0.2) is 0 Å². The molecule has 3 aromatic rings. The Morgan fingerprint density at radius 1 is 0.789 bits per heavy atom. The molecular weight excluding hydrogens is 484 g/mol. The third kappa shape index (κ3) is 6.90. The van der Waals surface area contributed by atoms with Gasteiger partial charge in [-0.05, 0) is 53.6 Å². The lowest BCUT2D eigenvalue weighted by molar-refractivity contribution is 0.00331. The summed E-state index contributed by atoms with van der Waals surface area (Å²) >= 11 is 0. The summed E-state index contributed by atoms with van der Waals surface area (Å²) in [5, 5.41) is 0. The molecule has 0 saturated carbocycles. The van der Waals surface area contributed by atoms with Crippen molar-refractivity contribution in [3.63, 3.8) is 0 Å². The third-order valence-corrected chi connectivity index (χ3v) is 6.69. The SMILES string of the molecule is COC(=O)c1ccc(COC(CN2CCN(C(=O)c3cccc(OC)c3)CC2)c2cccc(OC)c2)cc1. The molecule has 1 heterocycles. The fourth-order valence-corrected chi connectivity index (χ4v) is 4.45. The van der Waals surface area contributed by atoms with Crippen LogP contribution in [0.25, 0.3) is 0 Å². The highest BCUT2D eigenvalue weighted by Gasteiger charge is 2.25. The van der Waals surface area contributed by atoms with Crippen LogP contribution < -0.4 is 9.47 Å². The van der Waals surface area contributed by atoms with Crippen molar-refractivity contribution >= 4 is 11.9 Å². The second kappa shape index (κ2) is 13.1. The largest absolute Gasteiger partial charge is 0.497 e. The zero-order valence-electron chi connectivity index (χ0n) is 22.1. The molecule has 8 heteroatoms. The molecule has 0 aromatic heterocycles. The van der Waals surface area contributed by atoms with E-state index in [9.17, 15) is 9.59 Å². The Labute approximate surface area is 223 Å². The van der Waals surface area contributed by atoms with Gasteiger partial charge in [-0.1, -0.05) is 30.3 Å². The van der Waals surface area contributed by atoms with Crippen LogP contribution in [0.5, 0.6) is 11.5 Å². The number of methoxy groups -OCH3 is 3. The van der Waals surface area contributed by atoms with Gasteiger partial charge in [-0.3, -0.25) is 9.69 Å². The molecule has 0 aliphatic carbocycles. The van der Waals surface area contributed by atoms with E-state index in [1.54, 1.807) is 32.4 Å². The molecular formula is C30H34N2O6. The molecule has 1 aliphatic rings.